The van der Waals surface area contributed by atoms with E-state index in [4.69, 9.17) is 48.7 Å². The van der Waals surface area contributed by atoms with Crippen molar-refractivity contribution in [1.29, 1.82) is 0 Å². The topological polar surface area (TPSA) is 521 Å². The number of esters is 2. The van der Waals surface area contributed by atoms with Gasteiger partial charge in [-0.3, -0.25) is 18.5 Å². The van der Waals surface area contributed by atoms with Gasteiger partial charge in [0.1, 0.15) is 95.5 Å². The van der Waals surface area contributed by atoms with Crippen LogP contribution in [0.4, 0.5) is 17.5 Å². The van der Waals surface area contributed by atoms with Crippen LogP contribution in [0, 0.1) is 0 Å². The van der Waals surface area contributed by atoms with Gasteiger partial charge in [-0.05, 0) is 36.4 Å². The molecule has 3 aromatic carbocycles. The zero-order chi connectivity index (χ0) is 66.5. The summed E-state index contributed by atoms with van der Waals surface area (Å²) in [5, 5.41) is 45.0. The summed E-state index contributed by atoms with van der Waals surface area (Å²) in [6, 6.07) is 24.9. The molecule has 492 valence electrons. The number of nitrogen functional groups attached to an aromatic ring is 2. The van der Waals surface area contributed by atoms with E-state index in [0.717, 1.165) is 20.0 Å². The standard InChI is InChI=1S/3C18H20N5O7P/c1-31(26,27)28-7-11-14(30-18(25)10-5-3-2-4-6-10)13(24)17(29-11)23-9-22-12-15(19)20-8-21-16(12)23;1-31(26,27)28-7-11-13(24)14(30-18(25)10-5-3-2-4-6-10)17(29-11)23-9-22-12-15(19)20-8-21-16(12)23;1-31(27,28)29-7-11-13(24)14(25)18(30-11)23-9-21-12-15(19-8-20-16(12)23)22-17(26)10-5-3-2-4-6-10/h2*2-6,8-9,11,13-14,17,24H,7H2,1H3,(H,26,27)(H2,19,20,21);2-6,8-9,11,13-14,18,24-25H,7H2,1H3,(H,27,28)(H,19,20,22,26)/p-3/t11-,13?,14+,17-;11-,13+,14?,17-;11-,13+,14?,18-/m111/s1. The first kappa shape index (κ1) is 67.4. The number of hydrogen-bond donors (Lipinski definition) is 7. The fraction of sp³-hybridized carbons (Fsp3) is 0.333. The molecule has 3 aliphatic rings. The van der Waals surface area contributed by atoms with Gasteiger partial charge in [-0.15, -0.1) is 0 Å². The van der Waals surface area contributed by atoms with Crippen LogP contribution in [0.2, 0.25) is 0 Å². The lowest BCUT2D eigenvalue weighted by Gasteiger charge is -2.24. The van der Waals surface area contributed by atoms with Crippen LogP contribution in [0.15, 0.2) is 129 Å². The highest BCUT2D eigenvalue weighted by molar-refractivity contribution is 7.50. The van der Waals surface area contributed by atoms with Crippen molar-refractivity contribution in [1.82, 2.24) is 58.6 Å². The normalized spacial score (nSPS) is 25.4. The highest BCUT2D eigenvalue weighted by Gasteiger charge is 2.50. The molecule has 0 bridgehead atoms. The Balaban J connectivity index is 0.000000153. The number of ether oxygens (including phenoxy) is 5. The van der Waals surface area contributed by atoms with Crippen LogP contribution in [0.1, 0.15) is 49.8 Å². The number of anilines is 3. The summed E-state index contributed by atoms with van der Waals surface area (Å²) in [5.74, 6) is -1.35. The maximum atomic E-state index is 12.6. The minimum absolute atomic E-state index is 0.137. The Morgan fingerprint density at radius 2 is 0.860 bits per heavy atom. The number of nitrogens with one attached hydrogen (secondary N) is 1. The van der Waals surface area contributed by atoms with E-state index in [2.05, 4.69) is 50.2 Å². The van der Waals surface area contributed by atoms with Crippen molar-refractivity contribution in [3.63, 3.8) is 0 Å². The molecule has 9 N–H and O–H groups in total. The molecule has 3 aliphatic heterocycles. The summed E-state index contributed by atoms with van der Waals surface area (Å²) in [7, 11) is -12.2. The van der Waals surface area contributed by atoms with Crippen molar-refractivity contribution in [2.75, 3.05) is 56.6 Å². The Morgan fingerprint density at radius 1 is 0.484 bits per heavy atom. The Bertz CT molecular complexity index is 4260. The molecule has 0 saturated carbocycles. The molecule has 93 heavy (non-hydrogen) atoms. The Labute approximate surface area is 524 Å². The van der Waals surface area contributed by atoms with Gasteiger partial charge in [0.05, 0.1) is 49.9 Å². The number of carbonyl (C=O) groups is 3. The fourth-order valence-electron chi connectivity index (χ4n) is 9.70. The van der Waals surface area contributed by atoms with E-state index in [1.807, 2.05) is 0 Å². The summed E-state index contributed by atoms with van der Waals surface area (Å²) in [5.41, 5.74) is 14.2. The molecule has 12 rings (SSSR count). The molecule has 9 heterocycles. The van der Waals surface area contributed by atoms with Crippen LogP contribution in [-0.4, -0.2) is 192 Å². The number of nitrogens with two attached hydrogens (primary N) is 2. The molecule has 6 unspecified atom stereocenters. The largest absolute Gasteiger partial charge is 0.779 e. The molecule has 36 nitrogen and oxygen atoms in total. The lowest BCUT2D eigenvalue weighted by Crippen LogP contribution is -2.38. The summed E-state index contributed by atoms with van der Waals surface area (Å²) < 4.78 is 80.9. The van der Waals surface area contributed by atoms with E-state index in [-0.39, 0.29) is 56.9 Å². The van der Waals surface area contributed by atoms with Gasteiger partial charge in [-0.25, -0.2) is 54.4 Å². The van der Waals surface area contributed by atoms with E-state index in [9.17, 15) is 63.2 Å². The first-order valence-corrected chi connectivity index (χ1v) is 33.6. The molecule has 0 spiro atoms. The SMILES string of the molecule is CP(=O)([O-])OC[C@H]1O[C@@H](n2cnc3c(N)ncnc32)C(O)[C@H]1OC(=O)c1ccccc1.CP(=O)([O-])OC[C@H]1O[C@@H](n2cnc3c(N)ncnc32)C(OC(=O)c2ccccc2)[C@H]1O.CP(=O)([O-])OC[C@H]1O[C@@H](n2cnc3c(NC(=O)c4ccccc4)ncnc32)C(O)[C@H]1O. The number of fused-ring (bicyclic) bond motifs is 3. The molecule has 15 atom stereocenters. The third-order valence-electron chi connectivity index (χ3n) is 14.1. The van der Waals surface area contributed by atoms with Crippen LogP contribution in [0.5, 0.6) is 0 Å². The number of imidazole rings is 3. The quantitative estimate of drug-likeness (QED) is 0.0442. The maximum absolute atomic E-state index is 12.6. The summed E-state index contributed by atoms with van der Waals surface area (Å²) in [6.07, 6.45) is -6.82. The average Bonchev–Trinajstić information content (AvgIpc) is 1.64. The van der Waals surface area contributed by atoms with E-state index in [1.54, 1.807) is 91.0 Å². The molecule has 3 fully saturated rings. The van der Waals surface area contributed by atoms with Crippen molar-refractivity contribution >= 4 is 91.6 Å². The number of aliphatic hydroxyl groups is 4. The van der Waals surface area contributed by atoms with Crippen LogP contribution in [0.3, 0.4) is 0 Å². The van der Waals surface area contributed by atoms with Crippen molar-refractivity contribution in [3.05, 3.63) is 146 Å². The molecular formula is C54H57N15O21P3-3. The first-order valence-electron chi connectivity index (χ1n) is 27.6. The predicted octanol–water partition coefficient (Wildman–Crippen LogP) is 0.0820. The zero-order valence-corrected chi connectivity index (χ0v) is 51.4. The van der Waals surface area contributed by atoms with Crippen LogP contribution in [0.25, 0.3) is 33.5 Å². The smallest absolute Gasteiger partial charge is 0.338 e. The lowest BCUT2D eigenvalue weighted by atomic mass is 10.1. The third-order valence-corrected chi connectivity index (χ3v) is 16.0. The zero-order valence-electron chi connectivity index (χ0n) is 48.8. The number of aliphatic hydroxyl groups excluding tert-OH is 4. The first-order chi connectivity index (χ1) is 44.2. The average molecular weight is 1350 g/mol. The molecular weight excluding hydrogens is 1290 g/mol. The summed E-state index contributed by atoms with van der Waals surface area (Å²) in [6.45, 7) is 1.34. The lowest BCUT2D eigenvalue weighted by molar-refractivity contribution is -0.201. The van der Waals surface area contributed by atoms with Crippen molar-refractivity contribution in [2.24, 2.45) is 0 Å². The van der Waals surface area contributed by atoms with Crippen molar-refractivity contribution < 1.29 is 100 Å². The van der Waals surface area contributed by atoms with Gasteiger partial charge in [0.2, 0.25) is 0 Å². The second kappa shape index (κ2) is 28.4. The Kier molecular flexibility index (Phi) is 20.6. The maximum Gasteiger partial charge on any atom is 0.338 e. The van der Waals surface area contributed by atoms with Gasteiger partial charge in [-0.2, -0.15) is 0 Å². The minimum Gasteiger partial charge on any atom is -0.779 e. The minimum atomic E-state index is -4.09. The molecule has 0 radical (unpaired) electrons. The third kappa shape index (κ3) is 15.9. The van der Waals surface area contributed by atoms with Crippen molar-refractivity contribution in [2.45, 2.75) is 73.6 Å². The monoisotopic (exact) mass is 1340 g/mol. The van der Waals surface area contributed by atoms with E-state index >= 15 is 0 Å². The van der Waals surface area contributed by atoms with Gasteiger partial charge in [0.25, 0.3) is 5.91 Å². The summed E-state index contributed by atoms with van der Waals surface area (Å²) in [4.78, 5) is 108. The summed E-state index contributed by atoms with van der Waals surface area (Å²) >= 11 is 0. The van der Waals surface area contributed by atoms with Gasteiger partial charge < -0.3 is 103 Å². The van der Waals surface area contributed by atoms with Crippen molar-refractivity contribution in [3.8, 4) is 0 Å². The molecule has 0 aliphatic carbocycles. The Hall–Kier alpha value is -8.51. The molecule has 3 saturated heterocycles. The second-order valence-corrected chi connectivity index (χ2v) is 26.3. The van der Waals surface area contributed by atoms with Gasteiger partial charge >= 0.3 is 11.9 Å². The van der Waals surface area contributed by atoms with Crippen LogP contribution < -0.4 is 31.5 Å². The highest BCUT2D eigenvalue weighted by Crippen LogP contribution is 2.41. The predicted molar refractivity (Wildman–Crippen MR) is 315 cm³/mol. The number of hydrogen-bond acceptors (Lipinski definition) is 32. The van der Waals surface area contributed by atoms with E-state index < -0.39 is 128 Å². The van der Waals surface area contributed by atoms with E-state index in [0.29, 0.717) is 16.6 Å². The number of aromatic nitrogens is 12. The number of carbonyl (C=O) groups excluding carboxylic acids is 3. The Morgan fingerprint density at radius 3 is 1.34 bits per heavy atom. The second-order valence-electron chi connectivity index (χ2n) is 20.9. The van der Waals surface area contributed by atoms with E-state index in [1.165, 1.54) is 51.7 Å². The van der Waals surface area contributed by atoms with Crippen LogP contribution in [-0.2, 0) is 51.0 Å². The number of amides is 1. The number of benzene rings is 3. The van der Waals surface area contributed by atoms with Gasteiger partial charge in [0.15, 0.2) is 70.8 Å². The number of rotatable bonds is 18. The number of nitrogens with zero attached hydrogens (tertiary/aromatic N) is 12. The fourth-order valence-corrected chi connectivity index (χ4v) is 11.0. The van der Waals surface area contributed by atoms with Gasteiger partial charge in [0, 0.05) is 25.6 Å². The highest BCUT2D eigenvalue weighted by atomic mass is 31.2. The van der Waals surface area contributed by atoms with Gasteiger partial charge in [-0.1, -0.05) is 54.6 Å². The molecule has 6 aromatic heterocycles. The molecule has 9 aromatic rings. The van der Waals surface area contributed by atoms with Crippen LogP contribution >= 0.6 is 22.8 Å². The molecule has 1 amide bonds. The molecule has 39 heteroatoms.